The quantitative estimate of drug-likeness (QED) is 0.715. The molecule has 0 aromatic heterocycles. The Hall–Kier alpha value is -2.87. The molecule has 1 saturated heterocycles. The highest BCUT2D eigenvalue weighted by molar-refractivity contribution is 8.00. The van der Waals surface area contributed by atoms with Crippen LogP contribution >= 0.6 is 11.8 Å². The lowest BCUT2D eigenvalue weighted by molar-refractivity contribution is -0.126. The first-order chi connectivity index (χ1) is 13.5. The molecule has 1 aliphatic heterocycles. The van der Waals surface area contributed by atoms with E-state index in [1.807, 2.05) is 0 Å². The van der Waals surface area contributed by atoms with Crippen LogP contribution in [0.2, 0.25) is 0 Å². The molecule has 146 valence electrons. The van der Waals surface area contributed by atoms with Gasteiger partial charge in [-0.3, -0.25) is 14.4 Å². The van der Waals surface area contributed by atoms with Gasteiger partial charge in [-0.25, -0.2) is 4.39 Å². The van der Waals surface area contributed by atoms with Crippen molar-refractivity contribution in [3.8, 4) is 0 Å². The number of para-hydroxylation sites is 1. The Balaban J connectivity index is 1.61. The number of halogens is 1. The van der Waals surface area contributed by atoms with Crippen molar-refractivity contribution < 1.29 is 18.8 Å². The van der Waals surface area contributed by atoms with Crippen LogP contribution in [0.15, 0.2) is 48.5 Å². The van der Waals surface area contributed by atoms with Crippen molar-refractivity contribution in [1.82, 2.24) is 10.6 Å². The summed E-state index contributed by atoms with van der Waals surface area (Å²) in [5, 5.41) is 7.64. The average Bonchev–Trinajstić information content (AvgIpc) is 2.71. The second-order valence-electron chi connectivity index (χ2n) is 6.33. The molecule has 8 heteroatoms. The predicted molar refractivity (Wildman–Crippen MR) is 107 cm³/mol. The van der Waals surface area contributed by atoms with Crippen LogP contribution in [0.5, 0.6) is 0 Å². The van der Waals surface area contributed by atoms with Crippen LogP contribution in [0.3, 0.4) is 0 Å². The summed E-state index contributed by atoms with van der Waals surface area (Å²) in [6.07, 6.45) is 0.463. The van der Waals surface area contributed by atoms with Crippen LogP contribution in [0.25, 0.3) is 0 Å². The van der Waals surface area contributed by atoms with Gasteiger partial charge in [-0.05, 0) is 36.2 Å². The van der Waals surface area contributed by atoms with Crippen molar-refractivity contribution in [2.24, 2.45) is 0 Å². The molecule has 0 aliphatic carbocycles. The minimum atomic E-state index is -0.695. The normalized spacial score (nSPS) is 18.9. The van der Waals surface area contributed by atoms with Gasteiger partial charge in [-0.15, -0.1) is 11.8 Å². The monoisotopic (exact) mass is 401 g/mol. The van der Waals surface area contributed by atoms with Gasteiger partial charge in [-0.2, -0.15) is 0 Å². The molecule has 0 bridgehead atoms. The van der Waals surface area contributed by atoms with E-state index in [9.17, 15) is 18.8 Å². The van der Waals surface area contributed by atoms with Gasteiger partial charge < -0.3 is 16.0 Å². The number of rotatable bonds is 5. The fourth-order valence-corrected chi connectivity index (χ4v) is 4.06. The number of carbonyl (C=O) groups is 3. The second-order valence-corrected chi connectivity index (χ2v) is 7.56. The van der Waals surface area contributed by atoms with Gasteiger partial charge in [0.15, 0.2) is 0 Å². The standard InChI is InChI=1S/C20H20FN3O3S/c1-22-18(25)14-4-2-3-5-15(14)23-19(26)16-11-28-17(20(27)24-16)10-12-6-8-13(21)9-7-12/h2-9,16-17H,10-11H2,1H3,(H,22,25)(H,23,26)(H,24,27). The van der Waals surface area contributed by atoms with Gasteiger partial charge in [0.2, 0.25) is 11.8 Å². The molecular formula is C20H20FN3O3S. The molecule has 3 amide bonds. The number of amides is 3. The predicted octanol–water partition coefficient (Wildman–Crippen LogP) is 1.97. The summed E-state index contributed by atoms with van der Waals surface area (Å²) >= 11 is 1.39. The van der Waals surface area contributed by atoms with Crippen LogP contribution in [-0.2, 0) is 16.0 Å². The third-order valence-corrected chi connectivity index (χ3v) is 5.69. The fourth-order valence-electron chi connectivity index (χ4n) is 2.87. The van der Waals surface area contributed by atoms with E-state index in [1.54, 1.807) is 36.4 Å². The number of hydrogen-bond acceptors (Lipinski definition) is 4. The summed E-state index contributed by atoms with van der Waals surface area (Å²) in [7, 11) is 1.51. The van der Waals surface area contributed by atoms with Gasteiger partial charge in [0.05, 0.1) is 16.5 Å². The van der Waals surface area contributed by atoms with Crippen molar-refractivity contribution in [3.05, 3.63) is 65.5 Å². The Labute approximate surface area is 166 Å². The molecule has 2 aromatic carbocycles. The van der Waals surface area contributed by atoms with Gasteiger partial charge in [0.1, 0.15) is 11.9 Å². The SMILES string of the molecule is CNC(=O)c1ccccc1NC(=O)C1CSC(Cc2ccc(F)cc2)C(=O)N1. The maximum absolute atomic E-state index is 13.0. The molecular weight excluding hydrogens is 381 g/mol. The zero-order chi connectivity index (χ0) is 20.1. The van der Waals surface area contributed by atoms with E-state index >= 15 is 0 Å². The van der Waals surface area contributed by atoms with Gasteiger partial charge >= 0.3 is 0 Å². The lowest BCUT2D eigenvalue weighted by atomic mass is 10.1. The zero-order valence-electron chi connectivity index (χ0n) is 15.2. The maximum atomic E-state index is 13.0. The molecule has 3 N–H and O–H groups in total. The highest BCUT2D eigenvalue weighted by Gasteiger charge is 2.32. The molecule has 2 atom stereocenters. The number of nitrogens with one attached hydrogen (secondary N) is 3. The summed E-state index contributed by atoms with van der Waals surface area (Å²) in [6.45, 7) is 0. The first-order valence-electron chi connectivity index (χ1n) is 8.76. The lowest BCUT2D eigenvalue weighted by Gasteiger charge is -2.28. The van der Waals surface area contributed by atoms with E-state index in [2.05, 4.69) is 16.0 Å². The van der Waals surface area contributed by atoms with E-state index in [0.29, 0.717) is 23.4 Å². The fraction of sp³-hybridized carbons (Fsp3) is 0.250. The molecule has 0 saturated carbocycles. The molecule has 1 heterocycles. The Morgan fingerprint density at radius 2 is 1.89 bits per heavy atom. The summed E-state index contributed by atoms with van der Waals surface area (Å²) in [5.74, 6) is -0.834. The molecule has 2 aromatic rings. The van der Waals surface area contributed by atoms with E-state index in [1.165, 1.54) is 30.9 Å². The zero-order valence-corrected chi connectivity index (χ0v) is 16.0. The number of benzene rings is 2. The smallest absolute Gasteiger partial charge is 0.253 e. The average molecular weight is 401 g/mol. The van der Waals surface area contributed by atoms with E-state index in [-0.39, 0.29) is 28.8 Å². The van der Waals surface area contributed by atoms with Crippen molar-refractivity contribution in [1.29, 1.82) is 0 Å². The Kier molecular flexibility index (Phi) is 6.30. The van der Waals surface area contributed by atoms with Crippen LogP contribution in [0.4, 0.5) is 10.1 Å². The van der Waals surface area contributed by atoms with E-state index in [0.717, 1.165) is 5.56 Å². The first kappa shape index (κ1) is 19.9. The lowest BCUT2D eigenvalue weighted by Crippen LogP contribution is -2.52. The number of thioether (sulfide) groups is 1. The summed E-state index contributed by atoms with van der Waals surface area (Å²) in [5.41, 5.74) is 1.60. The number of hydrogen-bond donors (Lipinski definition) is 3. The van der Waals surface area contributed by atoms with Crippen molar-refractivity contribution >= 4 is 35.2 Å². The third-order valence-electron chi connectivity index (χ3n) is 4.38. The Bertz CT molecular complexity index is 889. The van der Waals surface area contributed by atoms with Crippen LogP contribution in [0.1, 0.15) is 15.9 Å². The highest BCUT2D eigenvalue weighted by Crippen LogP contribution is 2.23. The Morgan fingerprint density at radius 3 is 2.57 bits per heavy atom. The van der Waals surface area contributed by atoms with Crippen LogP contribution < -0.4 is 16.0 Å². The molecule has 2 unspecified atom stereocenters. The number of carbonyl (C=O) groups excluding carboxylic acids is 3. The minimum absolute atomic E-state index is 0.236. The van der Waals surface area contributed by atoms with Crippen molar-refractivity contribution in [2.45, 2.75) is 17.7 Å². The Morgan fingerprint density at radius 1 is 1.18 bits per heavy atom. The van der Waals surface area contributed by atoms with Gasteiger partial charge in [0.25, 0.3) is 5.91 Å². The van der Waals surface area contributed by atoms with Crippen LogP contribution in [-0.4, -0.2) is 41.8 Å². The number of anilines is 1. The largest absolute Gasteiger partial charge is 0.355 e. The molecule has 0 spiro atoms. The molecule has 3 rings (SSSR count). The molecule has 0 radical (unpaired) electrons. The topological polar surface area (TPSA) is 87.3 Å². The van der Waals surface area contributed by atoms with Gasteiger partial charge in [0, 0.05) is 12.8 Å². The maximum Gasteiger partial charge on any atom is 0.253 e. The van der Waals surface area contributed by atoms with Crippen molar-refractivity contribution in [3.63, 3.8) is 0 Å². The minimum Gasteiger partial charge on any atom is -0.355 e. The first-order valence-corrected chi connectivity index (χ1v) is 9.81. The molecule has 6 nitrogen and oxygen atoms in total. The summed E-state index contributed by atoms with van der Waals surface area (Å²) < 4.78 is 13.0. The second kappa shape index (κ2) is 8.88. The molecule has 1 aliphatic rings. The van der Waals surface area contributed by atoms with E-state index in [4.69, 9.17) is 0 Å². The summed E-state index contributed by atoms with van der Waals surface area (Å²) in [6, 6.07) is 12.0. The van der Waals surface area contributed by atoms with Gasteiger partial charge in [-0.1, -0.05) is 24.3 Å². The van der Waals surface area contributed by atoms with Crippen LogP contribution in [0, 0.1) is 5.82 Å². The molecule has 1 fully saturated rings. The molecule has 28 heavy (non-hydrogen) atoms. The van der Waals surface area contributed by atoms with E-state index < -0.39 is 6.04 Å². The third kappa shape index (κ3) is 4.69. The summed E-state index contributed by atoms with van der Waals surface area (Å²) in [4.78, 5) is 36.9. The van der Waals surface area contributed by atoms with Crippen molar-refractivity contribution in [2.75, 3.05) is 18.1 Å². The highest BCUT2D eigenvalue weighted by atomic mass is 32.2.